The summed E-state index contributed by atoms with van der Waals surface area (Å²) in [6.07, 6.45) is -0.909. The molecule has 10 heteroatoms. The van der Waals surface area contributed by atoms with Gasteiger partial charge in [-0.1, -0.05) is 17.7 Å². The number of ether oxygens (including phenoxy) is 2. The minimum atomic E-state index is -4.03. The molecular weight excluding hydrogens is 466 g/mol. The average Bonchev–Trinajstić information content (AvgIpc) is 2.80. The van der Waals surface area contributed by atoms with Crippen molar-refractivity contribution in [3.8, 4) is 17.6 Å². The number of hydrogen-bond donors (Lipinski definition) is 2. The van der Waals surface area contributed by atoms with Gasteiger partial charge in [-0.15, -0.1) is 0 Å². The number of carbonyl (C=O) groups is 1. The Labute approximate surface area is 196 Å². The molecule has 0 saturated heterocycles. The molecule has 1 amide bonds. The Morgan fingerprint density at radius 3 is 2.42 bits per heavy atom. The van der Waals surface area contributed by atoms with Gasteiger partial charge in [0.2, 0.25) is 0 Å². The van der Waals surface area contributed by atoms with Gasteiger partial charge in [0.25, 0.3) is 15.9 Å². The van der Waals surface area contributed by atoms with Crippen molar-refractivity contribution in [1.29, 1.82) is 5.26 Å². The van der Waals surface area contributed by atoms with E-state index in [0.717, 1.165) is 0 Å². The quantitative estimate of drug-likeness (QED) is 0.487. The molecule has 3 aromatic rings. The minimum Gasteiger partial charge on any atom is -0.495 e. The smallest absolute Gasteiger partial charge is 0.265 e. The van der Waals surface area contributed by atoms with Crippen molar-refractivity contribution < 1.29 is 22.7 Å². The van der Waals surface area contributed by atoms with Crippen LogP contribution < -0.4 is 19.5 Å². The van der Waals surface area contributed by atoms with Crippen LogP contribution in [0.3, 0.4) is 0 Å². The number of benzene rings is 3. The number of nitrogens with one attached hydrogen (secondary N) is 2. The topological polar surface area (TPSA) is 118 Å². The average molecular weight is 486 g/mol. The second-order valence-corrected chi connectivity index (χ2v) is 8.95. The molecule has 0 fully saturated rings. The fourth-order valence-electron chi connectivity index (χ4n) is 2.83. The van der Waals surface area contributed by atoms with Crippen LogP contribution in [-0.4, -0.2) is 27.5 Å². The van der Waals surface area contributed by atoms with Gasteiger partial charge in [-0.3, -0.25) is 9.52 Å². The number of methoxy groups -OCH3 is 1. The van der Waals surface area contributed by atoms with E-state index in [0.29, 0.717) is 22.0 Å². The van der Waals surface area contributed by atoms with Gasteiger partial charge in [0.1, 0.15) is 16.4 Å². The predicted molar refractivity (Wildman–Crippen MR) is 125 cm³/mol. The largest absolute Gasteiger partial charge is 0.495 e. The molecule has 0 aliphatic rings. The van der Waals surface area contributed by atoms with Crippen molar-refractivity contribution >= 4 is 38.9 Å². The Balaban J connectivity index is 1.78. The first-order valence-electron chi connectivity index (χ1n) is 9.66. The molecule has 1 atom stereocenters. The summed E-state index contributed by atoms with van der Waals surface area (Å²) in [5.74, 6) is -0.0366. The Kier molecular flexibility index (Phi) is 7.43. The summed E-state index contributed by atoms with van der Waals surface area (Å²) in [7, 11) is -2.69. The lowest BCUT2D eigenvalue weighted by molar-refractivity contribution is -0.122. The van der Waals surface area contributed by atoms with Gasteiger partial charge in [0.15, 0.2) is 6.10 Å². The number of nitriles is 1. The Morgan fingerprint density at radius 1 is 1.06 bits per heavy atom. The highest BCUT2D eigenvalue weighted by molar-refractivity contribution is 7.92. The highest BCUT2D eigenvalue weighted by atomic mass is 35.5. The number of anilines is 2. The van der Waals surface area contributed by atoms with Crippen LogP contribution in [0.1, 0.15) is 12.5 Å². The number of amides is 1. The zero-order chi connectivity index (χ0) is 24.0. The van der Waals surface area contributed by atoms with E-state index in [9.17, 15) is 13.2 Å². The van der Waals surface area contributed by atoms with Gasteiger partial charge in [0, 0.05) is 16.4 Å². The van der Waals surface area contributed by atoms with E-state index in [1.165, 1.54) is 50.4 Å². The molecule has 2 N–H and O–H groups in total. The van der Waals surface area contributed by atoms with Crippen molar-refractivity contribution in [3.63, 3.8) is 0 Å². The van der Waals surface area contributed by atoms with Crippen molar-refractivity contribution in [2.45, 2.75) is 17.9 Å². The van der Waals surface area contributed by atoms with E-state index >= 15 is 0 Å². The lowest BCUT2D eigenvalue weighted by Crippen LogP contribution is -2.30. The van der Waals surface area contributed by atoms with Gasteiger partial charge in [-0.25, -0.2) is 8.42 Å². The van der Waals surface area contributed by atoms with Crippen molar-refractivity contribution in [3.05, 3.63) is 77.3 Å². The molecule has 0 heterocycles. The third-order valence-corrected chi connectivity index (χ3v) is 6.12. The minimum absolute atomic E-state index is 0.104. The first-order chi connectivity index (χ1) is 15.7. The van der Waals surface area contributed by atoms with Crippen LogP contribution in [0.2, 0.25) is 5.02 Å². The number of carbonyl (C=O) groups excluding carboxylic acids is 1. The molecule has 1 unspecified atom stereocenters. The molecule has 0 radical (unpaired) electrons. The molecule has 0 bridgehead atoms. The van der Waals surface area contributed by atoms with Crippen LogP contribution in [0.25, 0.3) is 0 Å². The van der Waals surface area contributed by atoms with Gasteiger partial charge in [-0.2, -0.15) is 5.26 Å². The fraction of sp³-hybridized carbons (Fsp3) is 0.130. The van der Waals surface area contributed by atoms with Crippen LogP contribution >= 0.6 is 11.6 Å². The number of halogens is 1. The van der Waals surface area contributed by atoms with E-state index in [2.05, 4.69) is 10.0 Å². The summed E-state index contributed by atoms with van der Waals surface area (Å²) in [5.41, 5.74) is 0.953. The van der Waals surface area contributed by atoms with E-state index in [1.807, 2.05) is 6.07 Å². The standard InChI is InChI=1S/C23H20ClN3O5S/c1-15(32-20-5-3-4-16(12-20)14-25)23(28)26-19-10-11-21(31-2)22(13-19)33(29,30)27-18-8-6-17(24)7-9-18/h3-13,15,27H,1-2H3,(H,26,28). The Morgan fingerprint density at radius 2 is 1.76 bits per heavy atom. The number of sulfonamides is 1. The van der Waals surface area contributed by atoms with Gasteiger partial charge < -0.3 is 14.8 Å². The van der Waals surface area contributed by atoms with E-state index in [-0.39, 0.29) is 16.3 Å². The van der Waals surface area contributed by atoms with Gasteiger partial charge >= 0.3 is 0 Å². The van der Waals surface area contributed by atoms with E-state index in [4.69, 9.17) is 26.3 Å². The first kappa shape index (κ1) is 23.9. The summed E-state index contributed by atoms with van der Waals surface area (Å²) in [6.45, 7) is 1.54. The highest BCUT2D eigenvalue weighted by Crippen LogP contribution is 2.29. The summed E-state index contributed by atoms with van der Waals surface area (Å²) in [4.78, 5) is 12.4. The Hall–Kier alpha value is -3.74. The summed E-state index contributed by atoms with van der Waals surface area (Å²) in [5, 5.41) is 12.1. The zero-order valence-corrected chi connectivity index (χ0v) is 19.3. The zero-order valence-electron chi connectivity index (χ0n) is 17.7. The van der Waals surface area contributed by atoms with E-state index in [1.54, 1.807) is 30.3 Å². The van der Waals surface area contributed by atoms with Crippen LogP contribution in [0, 0.1) is 11.3 Å². The van der Waals surface area contributed by atoms with Gasteiger partial charge in [0.05, 0.1) is 18.7 Å². The molecular formula is C23H20ClN3O5S. The van der Waals surface area contributed by atoms with Crippen LogP contribution in [0.15, 0.2) is 71.6 Å². The SMILES string of the molecule is COc1ccc(NC(=O)C(C)Oc2cccc(C#N)c2)cc1S(=O)(=O)Nc1ccc(Cl)cc1. The maximum Gasteiger partial charge on any atom is 0.265 e. The highest BCUT2D eigenvalue weighted by Gasteiger charge is 2.22. The molecule has 0 aliphatic heterocycles. The third kappa shape index (κ3) is 6.16. The molecule has 170 valence electrons. The molecule has 0 saturated carbocycles. The fourth-order valence-corrected chi connectivity index (χ4v) is 4.21. The van der Waals surface area contributed by atoms with Crippen LogP contribution in [0.5, 0.6) is 11.5 Å². The molecule has 0 aliphatic carbocycles. The first-order valence-corrected chi connectivity index (χ1v) is 11.5. The lowest BCUT2D eigenvalue weighted by Gasteiger charge is -2.16. The maximum absolute atomic E-state index is 13.0. The van der Waals surface area contributed by atoms with E-state index < -0.39 is 22.0 Å². The molecule has 0 spiro atoms. The molecule has 0 aromatic heterocycles. The van der Waals surface area contributed by atoms with Crippen LogP contribution in [-0.2, 0) is 14.8 Å². The summed E-state index contributed by atoms with van der Waals surface area (Å²) >= 11 is 5.85. The normalized spacial score (nSPS) is 11.7. The summed E-state index contributed by atoms with van der Waals surface area (Å²) < 4.78 is 39.1. The second kappa shape index (κ2) is 10.3. The molecule has 33 heavy (non-hydrogen) atoms. The van der Waals surface area contributed by atoms with Crippen molar-refractivity contribution in [1.82, 2.24) is 0 Å². The molecule has 8 nitrogen and oxygen atoms in total. The summed E-state index contributed by atoms with van der Waals surface area (Å²) in [6, 6.07) is 18.8. The predicted octanol–water partition coefficient (Wildman–Crippen LogP) is 4.43. The van der Waals surface area contributed by atoms with Crippen molar-refractivity contribution in [2.75, 3.05) is 17.1 Å². The Bertz CT molecular complexity index is 1300. The maximum atomic E-state index is 13.0. The monoisotopic (exact) mass is 485 g/mol. The second-order valence-electron chi connectivity index (χ2n) is 6.87. The molecule has 3 rings (SSSR count). The van der Waals surface area contributed by atoms with Gasteiger partial charge in [-0.05, 0) is 67.6 Å². The number of rotatable bonds is 8. The third-order valence-electron chi connectivity index (χ3n) is 4.46. The number of nitrogens with zero attached hydrogens (tertiary/aromatic N) is 1. The lowest BCUT2D eigenvalue weighted by atomic mass is 10.2. The number of hydrogen-bond acceptors (Lipinski definition) is 6. The van der Waals surface area contributed by atoms with Crippen LogP contribution in [0.4, 0.5) is 11.4 Å². The van der Waals surface area contributed by atoms with Crippen molar-refractivity contribution in [2.24, 2.45) is 0 Å². The molecule has 3 aromatic carbocycles.